The van der Waals surface area contributed by atoms with Gasteiger partial charge in [-0.2, -0.15) is 23.0 Å². The molecule has 1 atom stereocenters. The van der Waals surface area contributed by atoms with Crippen LogP contribution in [0.25, 0.3) is 0 Å². The molecule has 1 aliphatic heterocycles. The fourth-order valence-corrected chi connectivity index (χ4v) is 1.34. The number of nitrogens with zero attached hydrogens (tertiary/aromatic N) is 5. The van der Waals surface area contributed by atoms with Gasteiger partial charge in [-0.1, -0.05) is 5.10 Å². The van der Waals surface area contributed by atoms with Crippen LogP contribution >= 0.6 is 0 Å². The predicted molar refractivity (Wildman–Crippen MR) is 45.8 cm³/mol. The zero-order chi connectivity index (χ0) is 12.8. The molecule has 17 heavy (non-hydrogen) atoms. The molecule has 0 fully saturated rings. The number of ketones is 1. The first-order valence-electron chi connectivity index (χ1n) is 4.21. The number of hydrogen-bond donors (Lipinski definition) is 2. The smallest absolute Gasteiger partial charge is 0.357 e. The molecule has 0 amide bonds. The van der Waals surface area contributed by atoms with E-state index >= 15 is 0 Å². The summed E-state index contributed by atoms with van der Waals surface area (Å²) in [5.41, 5.74) is -2.76. The molecular weight excluding hydrogens is 245 g/mol. The number of carbonyl (C=O) groups excluding carboxylic acids is 1. The molecule has 0 radical (unpaired) electrons. The summed E-state index contributed by atoms with van der Waals surface area (Å²) < 4.78 is 38.6. The largest absolute Gasteiger partial charge is 0.445 e. The Morgan fingerprint density at radius 1 is 1.53 bits per heavy atom. The first kappa shape index (κ1) is 11.4. The Morgan fingerprint density at radius 3 is 2.71 bits per heavy atom. The quantitative estimate of drug-likeness (QED) is 0.679. The van der Waals surface area contributed by atoms with E-state index in [4.69, 9.17) is 0 Å². The Balaban J connectivity index is 2.68. The van der Waals surface area contributed by atoms with Crippen molar-refractivity contribution in [2.45, 2.75) is 18.8 Å². The third kappa shape index (κ3) is 1.39. The van der Waals surface area contributed by atoms with Crippen molar-refractivity contribution >= 4 is 17.4 Å². The number of nitrogens with one attached hydrogen (secondary N) is 1. The Labute approximate surface area is 91.1 Å². The van der Waals surface area contributed by atoms with Crippen LogP contribution < -0.4 is 5.43 Å². The van der Waals surface area contributed by atoms with E-state index in [0.717, 1.165) is 6.92 Å². The maximum absolute atomic E-state index is 12.9. The molecule has 0 aliphatic carbocycles. The molecular formula is C6H5F3N6O2. The molecule has 0 saturated heterocycles. The van der Waals surface area contributed by atoms with Crippen molar-refractivity contribution in [2.24, 2.45) is 5.10 Å². The van der Waals surface area contributed by atoms with Gasteiger partial charge >= 0.3 is 11.9 Å². The summed E-state index contributed by atoms with van der Waals surface area (Å²) in [5, 5.41) is 22.0. The number of aliphatic hydroxyl groups is 1. The lowest BCUT2D eigenvalue weighted by molar-refractivity contribution is -0.268. The number of carbonyl (C=O) groups is 1. The summed E-state index contributed by atoms with van der Waals surface area (Å²) >= 11 is 0. The van der Waals surface area contributed by atoms with Crippen LogP contribution in [-0.4, -0.2) is 43.0 Å². The Hall–Kier alpha value is -2.04. The summed E-state index contributed by atoms with van der Waals surface area (Å²) in [6.45, 7) is 0.840. The lowest BCUT2D eigenvalue weighted by Gasteiger charge is -2.32. The van der Waals surface area contributed by atoms with Crippen molar-refractivity contribution in [2.75, 3.05) is 5.43 Å². The monoisotopic (exact) mass is 250 g/mol. The van der Waals surface area contributed by atoms with Gasteiger partial charge in [-0.3, -0.25) is 4.79 Å². The van der Waals surface area contributed by atoms with Gasteiger partial charge in [-0.15, -0.1) is 0 Å². The van der Waals surface area contributed by atoms with Crippen LogP contribution in [0.1, 0.15) is 6.92 Å². The van der Waals surface area contributed by atoms with Crippen LogP contribution in [0.4, 0.5) is 19.1 Å². The van der Waals surface area contributed by atoms with Gasteiger partial charge in [0, 0.05) is 6.92 Å². The summed E-state index contributed by atoms with van der Waals surface area (Å²) in [5.74, 6) is -1.58. The minimum atomic E-state index is -5.19. The first-order valence-corrected chi connectivity index (χ1v) is 4.21. The third-order valence-electron chi connectivity index (χ3n) is 2.10. The minimum Gasteiger partial charge on any atom is -0.357 e. The molecule has 0 spiro atoms. The number of halogens is 3. The van der Waals surface area contributed by atoms with Crippen LogP contribution in [-0.2, 0) is 10.5 Å². The molecule has 1 aromatic heterocycles. The lowest BCUT2D eigenvalue weighted by atomic mass is 10.0. The van der Waals surface area contributed by atoms with Gasteiger partial charge in [0.2, 0.25) is 0 Å². The Kier molecular flexibility index (Phi) is 2.17. The molecule has 1 unspecified atom stereocenters. The van der Waals surface area contributed by atoms with E-state index in [1.807, 2.05) is 5.43 Å². The molecule has 8 nitrogen and oxygen atoms in total. The average Bonchev–Trinajstić information content (AvgIpc) is 2.64. The highest BCUT2D eigenvalue weighted by molar-refractivity contribution is 6.41. The highest BCUT2D eigenvalue weighted by atomic mass is 19.4. The first-order chi connectivity index (χ1) is 7.78. The molecule has 0 bridgehead atoms. The second-order valence-corrected chi connectivity index (χ2v) is 3.21. The van der Waals surface area contributed by atoms with E-state index in [1.54, 1.807) is 0 Å². The van der Waals surface area contributed by atoms with Gasteiger partial charge in [0.05, 0.1) is 0 Å². The standard InChI is InChI=1S/C6H5F3N6O2/c1-2(16)3-5(17,6(7,8)9)15-4(11-10-3)12-13-14-15/h17H,1H3,(H,11,12,14). The van der Waals surface area contributed by atoms with Crippen LogP contribution in [0, 0.1) is 0 Å². The topological polar surface area (TPSA) is 105 Å². The summed E-state index contributed by atoms with van der Waals surface area (Å²) in [4.78, 5) is 11.1. The highest BCUT2D eigenvalue weighted by Gasteiger charge is 2.64. The highest BCUT2D eigenvalue weighted by Crippen LogP contribution is 2.38. The molecule has 0 saturated carbocycles. The number of anilines is 1. The van der Waals surface area contributed by atoms with E-state index in [2.05, 4.69) is 20.6 Å². The van der Waals surface area contributed by atoms with E-state index < -0.39 is 29.3 Å². The second-order valence-electron chi connectivity index (χ2n) is 3.21. The van der Waals surface area contributed by atoms with E-state index in [0.29, 0.717) is 0 Å². The summed E-state index contributed by atoms with van der Waals surface area (Å²) in [6, 6.07) is 0. The maximum atomic E-state index is 12.9. The van der Waals surface area contributed by atoms with Crippen molar-refractivity contribution in [1.82, 2.24) is 20.2 Å². The van der Waals surface area contributed by atoms with Gasteiger partial charge in [0.15, 0.2) is 11.5 Å². The summed E-state index contributed by atoms with van der Waals surface area (Å²) in [6.07, 6.45) is -5.19. The molecule has 1 aromatic rings. The molecule has 11 heteroatoms. The van der Waals surface area contributed by atoms with Gasteiger partial charge < -0.3 is 5.11 Å². The summed E-state index contributed by atoms with van der Waals surface area (Å²) in [7, 11) is 0. The zero-order valence-electron chi connectivity index (χ0n) is 8.23. The minimum absolute atomic E-state index is 0.0523. The molecule has 2 rings (SSSR count). The number of fused-ring (bicyclic) bond motifs is 1. The number of hydrogen-bond acceptors (Lipinski definition) is 7. The molecule has 1 aliphatic rings. The number of hydrazone groups is 1. The Morgan fingerprint density at radius 2 is 2.18 bits per heavy atom. The van der Waals surface area contributed by atoms with Gasteiger partial charge in [0.25, 0.3) is 5.95 Å². The van der Waals surface area contributed by atoms with Crippen molar-refractivity contribution in [3.8, 4) is 0 Å². The second kappa shape index (κ2) is 3.23. The number of alkyl halides is 3. The van der Waals surface area contributed by atoms with Crippen molar-refractivity contribution in [3.63, 3.8) is 0 Å². The molecule has 92 valence electrons. The number of Topliss-reactive ketones (excluding diaryl/α,β-unsaturated/α-hetero) is 1. The fraction of sp³-hybridized carbons (Fsp3) is 0.500. The van der Waals surface area contributed by atoms with Crippen molar-refractivity contribution < 1.29 is 23.1 Å². The van der Waals surface area contributed by atoms with E-state index in [-0.39, 0.29) is 4.68 Å². The van der Waals surface area contributed by atoms with Crippen LogP contribution in [0.3, 0.4) is 0 Å². The average molecular weight is 250 g/mol. The van der Waals surface area contributed by atoms with Gasteiger partial charge in [-0.25, -0.2) is 5.43 Å². The fourth-order valence-electron chi connectivity index (χ4n) is 1.34. The van der Waals surface area contributed by atoms with Crippen LogP contribution in [0.5, 0.6) is 0 Å². The predicted octanol–water partition coefficient (Wildman–Crippen LogP) is -0.749. The zero-order valence-corrected chi connectivity index (χ0v) is 8.23. The van der Waals surface area contributed by atoms with Crippen molar-refractivity contribution in [1.29, 1.82) is 0 Å². The number of tetrazole rings is 1. The van der Waals surface area contributed by atoms with Crippen LogP contribution in [0.15, 0.2) is 5.10 Å². The molecule has 2 heterocycles. The van der Waals surface area contributed by atoms with Crippen LogP contribution in [0.2, 0.25) is 0 Å². The van der Waals surface area contributed by atoms with Gasteiger partial charge in [0.1, 0.15) is 0 Å². The third-order valence-corrected chi connectivity index (χ3v) is 2.10. The Bertz CT molecular complexity index is 508. The maximum Gasteiger partial charge on any atom is 0.445 e. The normalized spacial score (nSPS) is 23.7. The molecule has 2 N–H and O–H groups in total. The SMILES string of the molecule is CC(=O)C1=NNc2nnnn2C1(O)C(F)(F)F. The van der Waals surface area contributed by atoms with E-state index in [1.165, 1.54) is 0 Å². The lowest BCUT2D eigenvalue weighted by Crippen LogP contribution is -2.58. The van der Waals surface area contributed by atoms with Crippen molar-refractivity contribution in [3.05, 3.63) is 0 Å². The van der Waals surface area contributed by atoms with E-state index in [9.17, 15) is 23.1 Å². The van der Waals surface area contributed by atoms with Gasteiger partial charge in [-0.05, 0) is 10.4 Å². The number of aromatic nitrogens is 4. The number of rotatable bonds is 1. The molecule has 0 aromatic carbocycles.